The first kappa shape index (κ1) is 18.1. The molecule has 138 valence electrons. The lowest BCUT2D eigenvalue weighted by Crippen LogP contribution is -2.50. The lowest BCUT2D eigenvalue weighted by Gasteiger charge is -2.33. The van der Waals surface area contributed by atoms with Crippen LogP contribution < -0.4 is 19.1 Å². The number of nitrogens with one attached hydrogen (secondary N) is 1. The maximum atomic E-state index is 12.6. The van der Waals surface area contributed by atoms with E-state index in [2.05, 4.69) is 5.32 Å². The second-order valence-electron chi connectivity index (χ2n) is 5.90. The number of hydrogen-bond donors (Lipinski definition) is 1. The minimum Gasteiger partial charge on any atom is -0.496 e. The van der Waals surface area contributed by atoms with Gasteiger partial charge in [-0.2, -0.15) is 0 Å². The van der Waals surface area contributed by atoms with Crippen molar-refractivity contribution in [2.45, 2.75) is 12.6 Å². The zero-order valence-electron chi connectivity index (χ0n) is 14.5. The zero-order valence-corrected chi connectivity index (χ0v) is 15.3. The van der Waals surface area contributed by atoms with Gasteiger partial charge in [0.05, 0.1) is 25.6 Å². The van der Waals surface area contributed by atoms with Gasteiger partial charge < -0.3 is 14.8 Å². The van der Waals surface area contributed by atoms with Crippen molar-refractivity contribution < 1.29 is 22.7 Å². The molecule has 0 saturated heterocycles. The molecule has 0 unspecified atom stereocenters. The highest BCUT2D eigenvalue weighted by atomic mass is 32.2. The summed E-state index contributed by atoms with van der Waals surface area (Å²) in [6.45, 7) is 0.177. The number of rotatable bonds is 5. The van der Waals surface area contributed by atoms with Gasteiger partial charge in [-0.3, -0.25) is 9.10 Å². The van der Waals surface area contributed by atoms with Crippen molar-refractivity contribution in [1.82, 2.24) is 5.32 Å². The van der Waals surface area contributed by atoms with E-state index in [1.807, 2.05) is 18.2 Å². The Morgan fingerprint density at radius 3 is 2.65 bits per heavy atom. The second-order valence-corrected chi connectivity index (χ2v) is 7.80. The summed E-state index contributed by atoms with van der Waals surface area (Å²) >= 11 is 0. The number of carbonyl (C=O) groups excluding carboxylic acids is 1. The normalized spacial score (nSPS) is 16.4. The molecule has 2 aromatic rings. The number of para-hydroxylation sites is 3. The molecule has 8 heteroatoms. The Morgan fingerprint density at radius 2 is 1.92 bits per heavy atom. The van der Waals surface area contributed by atoms with Crippen molar-refractivity contribution in [3.05, 3.63) is 54.1 Å². The number of nitrogens with zero attached hydrogens (tertiary/aromatic N) is 1. The minimum atomic E-state index is -3.53. The van der Waals surface area contributed by atoms with Crippen molar-refractivity contribution in [2.75, 3.05) is 24.2 Å². The third-order valence-corrected chi connectivity index (χ3v) is 5.22. The van der Waals surface area contributed by atoms with Crippen molar-refractivity contribution in [3.63, 3.8) is 0 Å². The zero-order chi connectivity index (χ0) is 18.7. The summed E-state index contributed by atoms with van der Waals surface area (Å²) in [5, 5.41) is 2.78. The Morgan fingerprint density at radius 1 is 1.23 bits per heavy atom. The van der Waals surface area contributed by atoms with Crippen LogP contribution in [0.15, 0.2) is 48.5 Å². The van der Waals surface area contributed by atoms with E-state index in [9.17, 15) is 13.2 Å². The standard InChI is InChI=1S/C18H20N2O5S/c1-24-15-9-5-3-7-13(15)11-19-18(21)17-12-20(26(2,22)23)14-8-4-6-10-16(14)25-17/h3-10,17H,11-12H2,1-2H3,(H,19,21)/t17-/m0/s1. The van der Waals surface area contributed by atoms with Crippen LogP contribution >= 0.6 is 0 Å². The molecular formula is C18H20N2O5S. The number of sulfonamides is 1. The molecule has 7 nitrogen and oxygen atoms in total. The molecule has 1 aliphatic rings. The maximum absolute atomic E-state index is 12.6. The van der Waals surface area contributed by atoms with Crippen LogP contribution in [0, 0.1) is 0 Å². The fraction of sp³-hybridized carbons (Fsp3) is 0.278. The van der Waals surface area contributed by atoms with Crippen LogP contribution in [-0.2, 0) is 21.4 Å². The molecule has 0 spiro atoms. The van der Waals surface area contributed by atoms with Gasteiger partial charge in [0.1, 0.15) is 11.5 Å². The van der Waals surface area contributed by atoms with E-state index in [1.165, 1.54) is 4.31 Å². The molecule has 0 saturated carbocycles. The molecular weight excluding hydrogens is 356 g/mol. The number of carbonyl (C=O) groups is 1. The third kappa shape index (κ3) is 3.75. The SMILES string of the molecule is COc1ccccc1CNC(=O)[C@@H]1CN(S(C)(=O)=O)c2ccccc2O1. The Hall–Kier alpha value is -2.74. The van der Waals surface area contributed by atoms with Crippen LogP contribution in [0.4, 0.5) is 5.69 Å². The predicted molar refractivity (Wildman–Crippen MR) is 97.9 cm³/mol. The van der Waals surface area contributed by atoms with Crippen LogP contribution in [0.3, 0.4) is 0 Å². The molecule has 0 aromatic heterocycles. The van der Waals surface area contributed by atoms with Gasteiger partial charge in [-0.1, -0.05) is 30.3 Å². The van der Waals surface area contributed by atoms with E-state index in [0.29, 0.717) is 17.2 Å². The number of fused-ring (bicyclic) bond motifs is 1. The van der Waals surface area contributed by atoms with Crippen LogP contribution in [0.5, 0.6) is 11.5 Å². The highest BCUT2D eigenvalue weighted by Gasteiger charge is 2.34. The van der Waals surface area contributed by atoms with Gasteiger partial charge in [0.25, 0.3) is 5.91 Å². The molecule has 3 rings (SSSR count). The monoisotopic (exact) mass is 376 g/mol. The van der Waals surface area contributed by atoms with Gasteiger partial charge >= 0.3 is 0 Å². The Labute approximate surface area is 152 Å². The molecule has 1 amide bonds. The minimum absolute atomic E-state index is 0.0758. The van der Waals surface area contributed by atoms with E-state index in [1.54, 1.807) is 37.4 Å². The lowest BCUT2D eigenvalue weighted by atomic mass is 10.2. The summed E-state index contributed by atoms with van der Waals surface area (Å²) in [5.41, 5.74) is 1.25. The summed E-state index contributed by atoms with van der Waals surface area (Å²) in [6, 6.07) is 14.1. The Balaban J connectivity index is 1.76. The van der Waals surface area contributed by atoms with Crippen LogP contribution in [0.1, 0.15) is 5.56 Å². The molecule has 1 aliphatic heterocycles. The molecule has 0 fully saturated rings. The van der Waals surface area contributed by atoms with E-state index in [-0.39, 0.29) is 19.0 Å². The fourth-order valence-electron chi connectivity index (χ4n) is 2.80. The lowest BCUT2D eigenvalue weighted by molar-refractivity contribution is -0.127. The number of ether oxygens (including phenoxy) is 2. The van der Waals surface area contributed by atoms with Crippen molar-refractivity contribution >= 4 is 21.6 Å². The largest absolute Gasteiger partial charge is 0.496 e. The average molecular weight is 376 g/mol. The predicted octanol–water partition coefficient (Wildman–Crippen LogP) is 1.54. The van der Waals surface area contributed by atoms with Gasteiger partial charge in [-0.25, -0.2) is 8.42 Å². The molecule has 1 N–H and O–H groups in total. The number of anilines is 1. The molecule has 0 radical (unpaired) electrons. The average Bonchev–Trinajstić information content (AvgIpc) is 2.64. The number of benzene rings is 2. The van der Waals surface area contributed by atoms with Crippen LogP contribution in [0.25, 0.3) is 0 Å². The highest BCUT2D eigenvalue weighted by molar-refractivity contribution is 7.92. The first-order valence-electron chi connectivity index (χ1n) is 8.03. The van der Waals surface area contributed by atoms with E-state index >= 15 is 0 Å². The van der Waals surface area contributed by atoms with E-state index < -0.39 is 16.1 Å². The highest BCUT2D eigenvalue weighted by Crippen LogP contribution is 2.34. The fourth-order valence-corrected chi connectivity index (χ4v) is 3.71. The summed E-state index contributed by atoms with van der Waals surface area (Å²) in [7, 11) is -1.97. The topological polar surface area (TPSA) is 84.9 Å². The molecule has 1 heterocycles. The number of methoxy groups -OCH3 is 1. The quantitative estimate of drug-likeness (QED) is 0.856. The number of hydrogen-bond acceptors (Lipinski definition) is 5. The van der Waals surface area contributed by atoms with E-state index in [4.69, 9.17) is 9.47 Å². The van der Waals surface area contributed by atoms with Gasteiger partial charge in [-0.15, -0.1) is 0 Å². The molecule has 0 aliphatic carbocycles. The molecule has 2 aromatic carbocycles. The van der Waals surface area contributed by atoms with Crippen molar-refractivity contribution in [1.29, 1.82) is 0 Å². The van der Waals surface area contributed by atoms with Gasteiger partial charge in [-0.05, 0) is 18.2 Å². The van der Waals surface area contributed by atoms with Crippen LogP contribution in [0.2, 0.25) is 0 Å². The summed E-state index contributed by atoms with van der Waals surface area (Å²) in [5.74, 6) is 0.640. The molecule has 1 atom stereocenters. The van der Waals surface area contributed by atoms with Crippen LogP contribution in [-0.4, -0.2) is 40.3 Å². The van der Waals surface area contributed by atoms with Crippen molar-refractivity contribution in [3.8, 4) is 11.5 Å². The smallest absolute Gasteiger partial charge is 0.263 e. The van der Waals surface area contributed by atoms with E-state index in [0.717, 1.165) is 11.8 Å². The van der Waals surface area contributed by atoms with Gasteiger partial charge in [0.15, 0.2) is 6.10 Å². The summed E-state index contributed by atoms with van der Waals surface area (Å²) in [6.07, 6.45) is 0.174. The Kier molecular flexibility index (Phi) is 5.03. The molecule has 0 bridgehead atoms. The third-order valence-electron chi connectivity index (χ3n) is 4.07. The van der Waals surface area contributed by atoms with Gasteiger partial charge in [0.2, 0.25) is 10.0 Å². The summed E-state index contributed by atoms with van der Waals surface area (Å²) < 4.78 is 36.4. The maximum Gasteiger partial charge on any atom is 0.263 e. The molecule has 26 heavy (non-hydrogen) atoms. The first-order chi connectivity index (χ1) is 12.4. The first-order valence-corrected chi connectivity index (χ1v) is 9.88. The van der Waals surface area contributed by atoms with Crippen molar-refractivity contribution in [2.24, 2.45) is 0 Å². The summed E-state index contributed by atoms with van der Waals surface area (Å²) in [4.78, 5) is 12.6. The van der Waals surface area contributed by atoms with Gasteiger partial charge in [0, 0.05) is 12.1 Å². The Bertz CT molecular complexity index is 913. The second kappa shape index (κ2) is 7.25. The number of amides is 1.